The number of amides is 2. The fourth-order valence-corrected chi connectivity index (χ4v) is 10.5. The molecule has 0 spiro atoms. The number of rotatable bonds is 25. The number of hydrogen-bond donors (Lipinski definition) is 6. The van der Waals surface area contributed by atoms with Crippen molar-refractivity contribution in [1.29, 1.82) is 0 Å². The zero-order valence-corrected chi connectivity index (χ0v) is 43.4. The normalized spacial score (nSPS) is 16.7. The zero-order chi connectivity index (χ0) is 52.9. The van der Waals surface area contributed by atoms with E-state index in [1.165, 1.54) is 35.9 Å². The Bertz CT molecular complexity index is 2980. The van der Waals surface area contributed by atoms with Crippen LogP contribution in [-0.2, 0) is 44.7 Å². The number of likely N-dealkylation sites (tertiary alicyclic amines) is 1. The van der Waals surface area contributed by atoms with E-state index in [4.69, 9.17) is 15.5 Å². The lowest BCUT2D eigenvalue weighted by atomic mass is 9.90. The molecule has 75 heavy (non-hydrogen) atoms. The van der Waals surface area contributed by atoms with Crippen molar-refractivity contribution in [2.45, 2.75) is 107 Å². The number of nitrogens with two attached hydrogens (primary N) is 1. The van der Waals surface area contributed by atoms with Gasteiger partial charge in [0.2, 0.25) is 11.8 Å². The van der Waals surface area contributed by atoms with Crippen LogP contribution in [0.3, 0.4) is 0 Å². The lowest BCUT2D eigenvalue weighted by molar-refractivity contribution is -0.286. The second-order valence-corrected chi connectivity index (χ2v) is 21.4. The van der Waals surface area contributed by atoms with Gasteiger partial charge < -0.3 is 55.6 Å². The number of piperidine rings is 1. The smallest absolute Gasteiger partial charge is 0.395 e. The lowest BCUT2D eigenvalue weighted by Gasteiger charge is -2.32. The second-order valence-electron chi connectivity index (χ2n) is 20.3. The van der Waals surface area contributed by atoms with Crippen molar-refractivity contribution >= 4 is 57.1 Å². The quantitative estimate of drug-likeness (QED) is 0.0209. The number of benzene rings is 3. The van der Waals surface area contributed by atoms with Gasteiger partial charge in [-0.25, -0.2) is 19.0 Å². The highest BCUT2D eigenvalue weighted by molar-refractivity contribution is 7.99. The monoisotopic (exact) mass is 1060 g/mol. The van der Waals surface area contributed by atoms with Crippen LogP contribution in [0.1, 0.15) is 81.7 Å². The van der Waals surface area contributed by atoms with Crippen molar-refractivity contribution in [3.8, 4) is 11.5 Å². The minimum Gasteiger partial charge on any atom is -0.395 e. The van der Waals surface area contributed by atoms with E-state index in [0.29, 0.717) is 97.4 Å². The third-order valence-electron chi connectivity index (χ3n) is 14.2. The summed E-state index contributed by atoms with van der Waals surface area (Å²) in [7, 11) is 0. The Morgan fingerprint density at radius 1 is 1.01 bits per heavy atom. The summed E-state index contributed by atoms with van der Waals surface area (Å²) in [4.78, 5) is 38.6. The number of ether oxygens (including phenoxy) is 3. The van der Waals surface area contributed by atoms with Crippen LogP contribution in [-0.4, -0.2) is 134 Å². The van der Waals surface area contributed by atoms with Crippen molar-refractivity contribution in [1.82, 2.24) is 39.7 Å². The Labute approximate surface area is 437 Å². The first kappa shape index (κ1) is 53.8. The summed E-state index contributed by atoms with van der Waals surface area (Å²) in [5.74, 6) is 0.0943. The number of carbonyl (C=O) groups is 2. The van der Waals surface area contributed by atoms with Gasteiger partial charge in [-0.3, -0.25) is 9.59 Å². The molecule has 2 aliphatic heterocycles. The molecule has 402 valence electrons. The summed E-state index contributed by atoms with van der Waals surface area (Å²) in [6.07, 6.45) is 0.108. The summed E-state index contributed by atoms with van der Waals surface area (Å²) >= 11 is 1.60. The fraction of sp³-hybridized carbons (Fsp3) is 0.509. The van der Waals surface area contributed by atoms with Gasteiger partial charge in [0.15, 0.2) is 33.6 Å². The second kappa shape index (κ2) is 23.1. The predicted octanol–water partition coefficient (Wildman–Crippen LogP) is 6.34. The summed E-state index contributed by atoms with van der Waals surface area (Å²) < 4.78 is 62.2. The predicted molar refractivity (Wildman–Crippen MR) is 279 cm³/mol. The number of nitrogens with zero attached hydrogens (tertiary/aromatic N) is 7. The number of hydrogen-bond acceptors (Lipinski definition) is 15. The molecule has 22 heteroatoms. The summed E-state index contributed by atoms with van der Waals surface area (Å²) in [5.41, 5.74) is 9.19. The number of aliphatic hydroxyl groups excluding tert-OH is 2. The van der Waals surface area contributed by atoms with Crippen LogP contribution < -0.4 is 31.2 Å². The highest BCUT2D eigenvalue weighted by atomic mass is 32.2. The van der Waals surface area contributed by atoms with E-state index >= 15 is 4.39 Å². The number of anilines is 2. The van der Waals surface area contributed by atoms with E-state index in [1.807, 2.05) is 19.9 Å². The molecule has 0 bridgehead atoms. The molecule has 7 N–H and O–H groups in total. The topological polar surface area (TPSA) is 229 Å². The SMILES string of the molecule is CCCSc1nc(NCCN)c2nnn(Cc3ccc(CCCNC(=O)C4CCN(CCOCC(C)(C)c5cc6cc(NC(=O)C7(c8ccc9c(c8)OC(F)(F)O9)CC7)c(F)cc6n5C[C@@H](O)CO)CC4)cc3)c2n1. The number of aryl methyl sites for hydroxylation is 1. The number of aromatic nitrogens is 6. The molecule has 1 saturated heterocycles. The summed E-state index contributed by atoms with van der Waals surface area (Å²) in [6, 6.07) is 17.3. The third-order valence-corrected chi connectivity index (χ3v) is 15.2. The molecule has 2 fully saturated rings. The number of halogens is 3. The molecule has 0 unspecified atom stereocenters. The number of thioether (sulfide) groups is 1. The van der Waals surface area contributed by atoms with Crippen molar-refractivity contribution in [2.24, 2.45) is 11.7 Å². The average Bonchev–Trinajstić information content (AvgIpc) is 3.88. The molecule has 1 saturated carbocycles. The molecule has 0 radical (unpaired) electrons. The van der Waals surface area contributed by atoms with Crippen LogP contribution in [0.5, 0.6) is 11.5 Å². The fourth-order valence-electron chi connectivity index (χ4n) is 9.83. The standard InChI is InChI=1S/C53H66F3N11O7S/c1-4-24-75-50-61-46(58-19-17-57)45-47(62-50)67(64-63-45)29-34-9-7-33(8-10-34)6-5-18-59-48(70)35-13-20-65(21-14-35)22-23-72-32-51(2,3)44-26-36-25-40(39(54)28-41(36)66(44)30-38(69)31-68)60-49(71)52(15-16-52)37-11-12-42-43(27-37)74-53(55,56)73-42/h7-12,25-28,35,38,68-69H,4-6,13-24,29-32,57H2,1-3H3,(H,59,70)(H,60,71)(H,58,61,62)/t38-/m1/s1. The number of carbonyl (C=O) groups excluding carboxylic acids is 2. The molecule has 2 amide bonds. The number of fused-ring (bicyclic) bond motifs is 3. The van der Waals surface area contributed by atoms with Crippen molar-refractivity contribution in [3.63, 3.8) is 0 Å². The van der Waals surface area contributed by atoms with Gasteiger partial charge in [0.1, 0.15) is 5.82 Å². The van der Waals surface area contributed by atoms with Crippen LogP contribution in [0.2, 0.25) is 0 Å². The molecule has 3 aromatic carbocycles. The van der Waals surface area contributed by atoms with Gasteiger partial charge >= 0.3 is 6.29 Å². The largest absolute Gasteiger partial charge is 0.586 e. The van der Waals surface area contributed by atoms with Gasteiger partial charge in [0.05, 0.1) is 55.6 Å². The Hall–Kier alpha value is -6.04. The van der Waals surface area contributed by atoms with Crippen LogP contribution >= 0.6 is 11.8 Å². The van der Waals surface area contributed by atoms with E-state index in [9.17, 15) is 28.6 Å². The van der Waals surface area contributed by atoms with Crippen LogP contribution in [0.15, 0.2) is 65.8 Å². The summed E-state index contributed by atoms with van der Waals surface area (Å²) in [6.45, 7) is 10.7. The third kappa shape index (κ3) is 12.5. The minimum absolute atomic E-state index is 0.0102. The minimum atomic E-state index is -3.80. The molecule has 1 atom stereocenters. The molecule has 1 aliphatic carbocycles. The number of nitrogens with one attached hydrogen (secondary N) is 3. The average molecular weight is 1060 g/mol. The molecule has 5 heterocycles. The van der Waals surface area contributed by atoms with Gasteiger partial charge in [0, 0.05) is 60.4 Å². The van der Waals surface area contributed by atoms with Crippen molar-refractivity contribution < 1.29 is 47.2 Å². The van der Waals surface area contributed by atoms with Gasteiger partial charge in [-0.05, 0) is 99.0 Å². The zero-order valence-electron chi connectivity index (χ0n) is 42.5. The Kier molecular flexibility index (Phi) is 16.5. The van der Waals surface area contributed by atoms with E-state index < -0.39 is 41.6 Å². The van der Waals surface area contributed by atoms with Crippen LogP contribution in [0, 0.1) is 11.7 Å². The molecule has 3 aromatic heterocycles. The molecular formula is C53H66F3N11O7S. The molecule has 9 rings (SSSR count). The first-order valence-electron chi connectivity index (χ1n) is 25.8. The molecule has 3 aliphatic rings. The van der Waals surface area contributed by atoms with Crippen molar-refractivity contribution in [2.75, 3.05) is 75.5 Å². The maximum absolute atomic E-state index is 15.9. The van der Waals surface area contributed by atoms with E-state index in [-0.39, 0.29) is 35.6 Å². The molecule has 6 aromatic rings. The maximum Gasteiger partial charge on any atom is 0.586 e. The first-order chi connectivity index (χ1) is 36.1. The van der Waals surface area contributed by atoms with Gasteiger partial charge in [-0.2, -0.15) is 0 Å². The van der Waals surface area contributed by atoms with Crippen LogP contribution in [0.4, 0.5) is 24.7 Å². The van der Waals surface area contributed by atoms with Crippen LogP contribution in [0.25, 0.3) is 22.1 Å². The maximum atomic E-state index is 15.9. The van der Waals surface area contributed by atoms with E-state index in [0.717, 1.165) is 62.2 Å². The van der Waals surface area contributed by atoms with Gasteiger partial charge in [-0.1, -0.05) is 68.1 Å². The van der Waals surface area contributed by atoms with Gasteiger partial charge in [-0.15, -0.1) is 13.9 Å². The number of alkyl halides is 2. The van der Waals surface area contributed by atoms with E-state index in [2.05, 4.69) is 76.8 Å². The highest BCUT2D eigenvalue weighted by Crippen LogP contribution is 2.52. The highest BCUT2D eigenvalue weighted by Gasteiger charge is 2.53. The Morgan fingerprint density at radius 3 is 2.51 bits per heavy atom. The molecular weight excluding hydrogens is 992 g/mol. The number of aliphatic hydroxyl groups is 2. The summed E-state index contributed by atoms with van der Waals surface area (Å²) in [5, 5.41) is 39.5. The van der Waals surface area contributed by atoms with Gasteiger partial charge in [0.25, 0.3) is 0 Å². The Morgan fingerprint density at radius 2 is 1.77 bits per heavy atom. The van der Waals surface area contributed by atoms with E-state index in [1.54, 1.807) is 21.0 Å². The van der Waals surface area contributed by atoms with Crippen molar-refractivity contribution in [3.05, 3.63) is 88.9 Å². The Balaban J connectivity index is 0.718. The first-order valence-corrected chi connectivity index (χ1v) is 26.7. The lowest BCUT2D eigenvalue weighted by Crippen LogP contribution is -2.42. The molecule has 18 nitrogen and oxygen atoms in total.